The van der Waals surface area contributed by atoms with Crippen LogP contribution in [-0.2, 0) is 6.42 Å². The van der Waals surface area contributed by atoms with Crippen molar-refractivity contribution in [2.24, 2.45) is 0 Å². The number of carbonyl (C=O) groups is 1. The summed E-state index contributed by atoms with van der Waals surface area (Å²) in [7, 11) is 0. The number of hydrogen-bond donors (Lipinski definition) is 1. The van der Waals surface area contributed by atoms with E-state index in [1.807, 2.05) is 36.4 Å². The van der Waals surface area contributed by atoms with Crippen LogP contribution < -0.4 is 5.32 Å². The van der Waals surface area contributed by atoms with E-state index in [2.05, 4.69) is 25.4 Å². The Bertz CT molecular complexity index is 1200. The molecule has 8 nitrogen and oxygen atoms in total. The van der Waals surface area contributed by atoms with E-state index in [0.717, 1.165) is 29.8 Å². The molecule has 0 radical (unpaired) electrons. The highest BCUT2D eigenvalue weighted by Gasteiger charge is 2.29. The van der Waals surface area contributed by atoms with Gasteiger partial charge in [0.25, 0.3) is 11.8 Å². The zero-order valence-corrected chi connectivity index (χ0v) is 17.3. The Labute approximate surface area is 183 Å². The maximum absolute atomic E-state index is 12.4. The highest BCUT2D eigenvalue weighted by Crippen LogP contribution is 2.38. The second-order valence-corrected chi connectivity index (χ2v) is 7.87. The Balaban J connectivity index is 1.20. The first-order valence-corrected chi connectivity index (χ1v) is 10.4. The number of nitrogens with zero attached hydrogens (tertiary/aromatic N) is 5. The van der Waals surface area contributed by atoms with Crippen LogP contribution in [0.4, 0.5) is 0 Å². The fourth-order valence-corrected chi connectivity index (χ4v) is 3.28. The van der Waals surface area contributed by atoms with Crippen LogP contribution in [0.2, 0.25) is 5.02 Å². The molecule has 0 unspecified atom stereocenters. The quantitative estimate of drug-likeness (QED) is 0.474. The molecular weight excluding hydrogens is 416 g/mol. The fourth-order valence-electron chi connectivity index (χ4n) is 3.15. The molecule has 0 spiro atoms. The smallest absolute Gasteiger partial charge is 0.271 e. The number of hydrogen-bond acceptors (Lipinski definition) is 6. The minimum atomic E-state index is -0.234. The summed E-state index contributed by atoms with van der Waals surface area (Å²) in [4.78, 5) is 25.4. The number of rotatable bonds is 7. The van der Waals surface area contributed by atoms with E-state index in [0.29, 0.717) is 41.3 Å². The Kier molecular flexibility index (Phi) is 5.21. The SMILES string of the molecule is O=C(NCCc1ccc(Cl)cc1)c1cn(-c2ccc(-c3nc(C4CC4)no3)cn2)cn1. The third kappa shape index (κ3) is 4.49. The number of pyridine rings is 1. The van der Waals surface area contributed by atoms with Crippen molar-refractivity contribution in [2.45, 2.75) is 25.2 Å². The molecule has 0 atom stereocenters. The summed E-state index contributed by atoms with van der Waals surface area (Å²) in [5.41, 5.74) is 2.18. The van der Waals surface area contributed by atoms with Gasteiger partial charge < -0.3 is 9.84 Å². The summed E-state index contributed by atoms with van der Waals surface area (Å²) in [6.07, 6.45) is 7.84. The van der Waals surface area contributed by atoms with Gasteiger partial charge in [0.05, 0.1) is 5.56 Å². The van der Waals surface area contributed by atoms with Crippen molar-refractivity contribution in [3.63, 3.8) is 0 Å². The van der Waals surface area contributed by atoms with Crippen LogP contribution in [0, 0.1) is 0 Å². The number of carbonyl (C=O) groups excluding carboxylic acids is 1. The lowest BCUT2D eigenvalue weighted by Crippen LogP contribution is -2.26. The molecule has 1 N–H and O–H groups in total. The van der Waals surface area contributed by atoms with E-state index in [4.69, 9.17) is 16.1 Å². The van der Waals surface area contributed by atoms with E-state index in [9.17, 15) is 4.79 Å². The third-order valence-electron chi connectivity index (χ3n) is 5.07. The molecule has 4 aromatic rings. The second kappa shape index (κ2) is 8.31. The molecule has 156 valence electrons. The molecule has 3 heterocycles. The maximum Gasteiger partial charge on any atom is 0.271 e. The molecule has 1 aliphatic rings. The molecule has 0 saturated heterocycles. The van der Waals surface area contributed by atoms with Crippen LogP contribution >= 0.6 is 11.6 Å². The van der Waals surface area contributed by atoms with Gasteiger partial charge in [0.2, 0.25) is 0 Å². The van der Waals surface area contributed by atoms with Crippen molar-refractivity contribution < 1.29 is 9.32 Å². The average Bonchev–Trinajstić information content (AvgIpc) is 3.32. The monoisotopic (exact) mass is 434 g/mol. The highest BCUT2D eigenvalue weighted by molar-refractivity contribution is 6.30. The number of amides is 1. The Morgan fingerprint density at radius 2 is 2.00 bits per heavy atom. The van der Waals surface area contributed by atoms with Gasteiger partial charge in [-0.05, 0) is 49.1 Å². The molecule has 1 fully saturated rings. The van der Waals surface area contributed by atoms with Gasteiger partial charge in [-0.15, -0.1) is 0 Å². The molecule has 0 aliphatic heterocycles. The molecule has 31 heavy (non-hydrogen) atoms. The first-order chi connectivity index (χ1) is 15.2. The summed E-state index contributed by atoms with van der Waals surface area (Å²) in [6, 6.07) is 11.2. The average molecular weight is 435 g/mol. The van der Waals surface area contributed by atoms with Crippen molar-refractivity contribution in [2.75, 3.05) is 6.54 Å². The highest BCUT2D eigenvalue weighted by atomic mass is 35.5. The molecule has 3 aromatic heterocycles. The first-order valence-electron chi connectivity index (χ1n) is 10.0. The molecular formula is C22H19ClN6O2. The summed E-state index contributed by atoms with van der Waals surface area (Å²) >= 11 is 5.89. The first kappa shape index (κ1) is 19.4. The Morgan fingerprint density at radius 1 is 1.16 bits per heavy atom. The lowest BCUT2D eigenvalue weighted by Gasteiger charge is -2.04. The van der Waals surface area contributed by atoms with Crippen molar-refractivity contribution in [1.82, 2.24) is 30.0 Å². The molecule has 9 heteroatoms. The number of aromatic nitrogens is 5. The summed E-state index contributed by atoms with van der Waals surface area (Å²) < 4.78 is 7.02. The number of benzene rings is 1. The molecule has 1 aromatic carbocycles. The lowest BCUT2D eigenvalue weighted by molar-refractivity contribution is 0.0949. The third-order valence-corrected chi connectivity index (χ3v) is 5.32. The Hall–Kier alpha value is -3.52. The van der Waals surface area contributed by atoms with Gasteiger partial charge in [0.1, 0.15) is 17.8 Å². The van der Waals surface area contributed by atoms with Gasteiger partial charge in [-0.1, -0.05) is 28.9 Å². The summed E-state index contributed by atoms with van der Waals surface area (Å²) in [5.74, 6) is 2.07. The number of imidazole rings is 1. The molecule has 5 rings (SSSR count). The van der Waals surface area contributed by atoms with Gasteiger partial charge in [0.15, 0.2) is 5.82 Å². The van der Waals surface area contributed by atoms with Gasteiger partial charge in [0, 0.05) is 29.9 Å². The number of nitrogens with one attached hydrogen (secondary N) is 1. The van der Waals surface area contributed by atoms with E-state index >= 15 is 0 Å². The molecule has 1 aliphatic carbocycles. The predicted octanol–water partition coefficient (Wildman–Crippen LogP) is 3.82. The normalized spacial score (nSPS) is 13.3. The van der Waals surface area contributed by atoms with Crippen molar-refractivity contribution in [1.29, 1.82) is 0 Å². The Morgan fingerprint density at radius 3 is 2.74 bits per heavy atom. The zero-order valence-electron chi connectivity index (χ0n) is 16.5. The van der Waals surface area contributed by atoms with Gasteiger partial charge >= 0.3 is 0 Å². The van der Waals surface area contributed by atoms with Crippen LogP contribution in [0.3, 0.4) is 0 Å². The maximum atomic E-state index is 12.4. The van der Waals surface area contributed by atoms with Crippen molar-refractivity contribution in [3.05, 3.63) is 77.2 Å². The molecule has 1 amide bonds. The van der Waals surface area contributed by atoms with E-state index in [-0.39, 0.29) is 5.91 Å². The van der Waals surface area contributed by atoms with Crippen LogP contribution in [0.15, 0.2) is 59.6 Å². The fraction of sp³-hybridized carbons (Fsp3) is 0.227. The summed E-state index contributed by atoms with van der Waals surface area (Å²) in [5, 5.41) is 7.60. The topological polar surface area (TPSA) is 98.7 Å². The zero-order chi connectivity index (χ0) is 21.2. The van der Waals surface area contributed by atoms with Crippen LogP contribution in [0.1, 0.15) is 40.6 Å². The van der Waals surface area contributed by atoms with E-state index < -0.39 is 0 Å². The molecule has 1 saturated carbocycles. The van der Waals surface area contributed by atoms with Gasteiger partial charge in [-0.25, -0.2) is 9.97 Å². The minimum Gasteiger partial charge on any atom is -0.350 e. The lowest BCUT2D eigenvalue weighted by atomic mass is 10.1. The minimum absolute atomic E-state index is 0.234. The number of halogens is 1. The standard InChI is InChI=1S/C22H19ClN6O2/c23-17-6-1-14(2-7-17)9-10-24-21(30)18-12-29(13-26-18)19-8-5-16(11-25-19)22-27-20(28-31-22)15-3-4-15/h1-2,5-8,11-13,15H,3-4,9-10H2,(H,24,30). The van der Waals surface area contributed by atoms with Crippen molar-refractivity contribution in [3.8, 4) is 17.3 Å². The summed E-state index contributed by atoms with van der Waals surface area (Å²) in [6.45, 7) is 0.507. The van der Waals surface area contributed by atoms with E-state index in [1.165, 1.54) is 0 Å². The predicted molar refractivity (Wildman–Crippen MR) is 114 cm³/mol. The van der Waals surface area contributed by atoms with Crippen LogP contribution in [0.5, 0.6) is 0 Å². The largest absolute Gasteiger partial charge is 0.350 e. The second-order valence-electron chi connectivity index (χ2n) is 7.44. The van der Waals surface area contributed by atoms with E-state index in [1.54, 1.807) is 23.3 Å². The van der Waals surface area contributed by atoms with Crippen molar-refractivity contribution >= 4 is 17.5 Å². The molecule has 0 bridgehead atoms. The van der Waals surface area contributed by atoms with Crippen LogP contribution in [-0.4, -0.2) is 37.1 Å². The van der Waals surface area contributed by atoms with Gasteiger partial charge in [-0.3, -0.25) is 9.36 Å². The van der Waals surface area contributed by atoms with Gasteiger partial charge in [-0.2, -0.15) is 4.98 Å². The van der Waals surface area contributed by atoms with Crippen LogP contribution in [0.25, 0.3) is 17.3 Å².